The Morgan fingerprint density at radius 1 is 1.27 bits per heavy atom. The summed E-state index contributed by atoms with van der Waals surface area (Å²) in [5, 5.41) is 4.67. The van der Waals surface area contributed by atoms with E-state index in [1.165, 1.54) is 0 Å². The second-order valence-electron chi connectivity index (χ2n) is 5.25. The van der Waals surface area contributed by atoms with E-state index in [0.717, 1.165) is 37.4 Å². The van der Waals surface area contributed by atoms with Crippen LogP contribution in [0.1, 0.15) is 31.5 Å². The lowest BCUT2D eigenvalue weighted by molar-refractivity contribution is 0.235. The Hall–Kier alpha value is -1.59. The van der Waals surface area contributed by atoms with E-state index >= 15 is 0 Å². The first-order chi connectivity index (χ1) is 10.7. The summed E-state index contributed by atoms with van der Waals surface area (Å²) in [4.78, 5) is 6.51. The van der Waals surface area contributed by atoms with Crippen molar-refractivity contribution in [3.63, 3.8) is 0 Å². The summed E-state index contributed by atoms with van der Waals surface area (Å²) < 4.78 is 10.9. The van der Waals surface area contributed by atoms with E-state index in [1.807, 2.05) is 31.3 Å². The number of aryl methyl sites for hydroxylation is 1. The minimum absolute atomic E-state index is 0.664. The summed E-state index contributed by atoms with van der Waals surface area (Å²) in [6.07, 6.45) is 2.81. The molecular formula is C16H22ClN3O2. The van der Waals surface area contributed by atoms with Crippen molar-refractivity contribution in [1.29, 1.82) is 0 Å². The van der Waals surface area contributed by atoms with Crippen LogP contribution in [0.4, 0.5) is 0 Å². The van der Waals surface area contributed by atoms with Crippen LogP contribution in [0.5, 0.6) is 5.75 Å². The third-order valence-electron chi connectivity index (χ3n) is 3.16. The van der Waals surface area contributed by atoms with Crippen LogP contribution < -0.4 is 4.74 Å². The van der Waals surface area contributed by atoms with Crippen molar-refractivity contribution in [3.8, 4) is 5.75 Å². The number of hydrogen-bond acceptors (Lipinski definition) is 5. The minimum Gasteiger partial charge on any atom is -0.494 e. The monoisotopic (exact) mass is 323 g/mol. The van der Waals surface area contributed by atoms with Gasteiger partial charge in [0.25, 0.3) is 0 Å². The summed E-state index contributed by atoms with van der Waals surface area (Å²) >= 11 is 5.83. The van der Waals surface area contributed by atoms with Gasteiger partial charge >= 0.3 is 0 Å². The van der Waals surface area contributed by atoms with Crippen LogP contribution in [0.3, 0.4) is 0 Å². The molecule has 0 bridgehead atoms. The minimum atomic E-state index is 0.664. The lowest BCUT2D eigenvalue weighted by atomic mass is 10.3. The van der Waals surface area contributed by atoms with Gasteiger partial charge in [-0.1, -0.05) is 23.7 Å². The summed E-state index contributed by atoms with van der Waals surface area (Å²) in [5.74, 6) is 2.30. The Kier molecular flexibility index (Phi) is 6.68. The van der Waals surface area contributed by atoms with Gasteiger partial charge in [-0.25, -0.2) is 0 Å². The maximum Gasteiger partial charge on any atom is 0.240 e. The fourth-order valence-corrected chi connectivity index (χ4v) is 2.17. The van der Waals surface area contributed by atoms with Crippen LogP contribution in [0.2, 0.25) is 5.02 Å². The van der Waals surface area contributed by atoms with Gasteiger partial charge in [-0.05, 0) is 44.2 Å². The van der Waals surface area contributed by atoms with Crippen molar-refractivity contribution in [3.05, 3.63) is 41.0 Å². The molecule has 0 fully saturated rings. The lowest BCUT2D eigenvalue weighted by Crippen LogP contribution is -2.21. The molecule has 1 aromatic carbocycles. The second kappa shape index (κ2) is 8.76. The van der Waals surface area contributed by atoms with Crippen molar-refractivity contribution in [2.75, 3.05) is 20.2 Å². The van der Waals surface area contributed by atoms with Crippen LogP contribution in [0.15, 0.2) is 28.8 Å². The summed E-state index contributed by atoms with van der Waals surface area (Å²) in [7, 11) is 2.03. The van der Waals surface area contributed by atoms with Gasteiger partial charge < -0.3 is 9.26 Å². The molecule has 0 saturated heterocycles. The molecule has 0 aliphatic rings. The van der Waals surface area contributed by atoms with Crippen LogP contribution in [0.25, 0.3) is 0 Å². The fraction of sp³-hybridized carbons (Fsp3) is 0.500. The zero-order valence-corrected chi connectivity index (χ0v) is 13.8. The quantitative estimate of drug-likeness (QED) is 0.660. The topological polar surface area (TPSA) is 51.4 Å². The zero-order valence-electron chi connectivity index (χ0n) is 13.1. The highest BCUT2D eigenvalue weighted by Gasteiger charge is 2.08. The molecule has 0 saturated carbocycles. The molecule has 1 heterocycles. The molecule has 6 heteroatoms. The van der Waals surface area contributed by atoms with E-state index in [4.69, 9.17) is 20.9 Å². The van der Waals surface area contributed by atoms with Crippen molar-refractivity contribution >= 4 is 11.6 Å². The summed E-state index contributed by atoms with van der Waals surface area (Å²) in [6, 6.07) is 7.40. The van der Waals surface area contributed by atoms with Gasteiger partial charge in [0, 0.05) is 18.0 Å². The van der Waals surface area contributed by atoms with E-state index in [9.17, 15) is 0 Å². The molecule has 0 N–H and O–H groups in total. The Morgan fingerprint density at radius 2 is 2.05 bits per heavy atom. The van der Waals surface area contributed by atoms with E-state index in [-0.39, 0.29) is 0 Å². The number of hydrogen-bond donors (Lipinski definition) is 0. The Morgan fingerprint density at radius 3 is 2.77 bits per heavy atom. The molecule has 0 radical (unpaired) electrons. The number of aromatic nitrogens is 2. The van der Waals surface area contributed by atoms with E-state index in [0.29, 0.717) is 24.1 Å². The third kappa shape index (κ3) is 5.66. The molecule has 5 nitrogen and oxygen atoms in total. The highest BCUT2D eigenvalue weighted by molar-refractivity contribution is 6.30. The first-order valence-electron chi connectivity index (χ1n) is 7.55. The zero-order chi connectivity index (χ0) is 15.8. The van der Waals surface area contributed by atoms with Crippen LogP contribution >= 0.6 is 11.6 Å². The van der Waals surface area contributed by atoms with Gasteiger partial charge in [0.05, 0.1) is 13.2 Å². The van der Waals surface area contributed by atoms with Crippen molar-refractivity contribution in [2.45, 2.75) is 32.7 Å². The molecule has 1 aromatic heterocycles. The molecule has 120 valence electrons. The first-order valence-corrected chi connectivity index (χ1v) is 7.93. The van der Waals surface area contributed by atoms with Crippen LogP contribution in [-0.4, -0.2) is 35.2 Å². The van der Waals surface area contributed by atoms with Crippen molar-refractivity contribution in [1.82, 2.24) is 15.0 Å². The standard InChI is InChI=1S/C16H22ClN3O2/c1-3-5-15-18-16(22-19-15)12-20(2)10-4-11-21-14-8-6-13(17)7-9-14/h6-9H,3-5,10-12H2,1-2H3. The van der Waals surface area contributed by atoms with Crippen LogP contribution in [0, 0.1) is 0 Å². The largest absolute Gasteiger partial charge is 0.494 e. The fourth-order valence-electron chi connectivity index (χ4n) is 2.04. The molecule has 0 amide bonds. The van der Waals surface area contributed by atoms with E-state index in [1.54, 1.807) is 0 Å². The maximum absolute atomic E-state index is 5.83. The van der Waals surface area contributed by atoms with E-state index < -0.39 is 0 Å². The number of nitrogens with zero attached hydrogens (tertiary/aromatic N) is 3. The second-order valence-corrected chi connectivity index (χ2v) is 5.68. The number of ether oxygens (including phenoxy) is 1. The van der Waals surface area contributed by atoms with Gasteiger partial charge in [-0.2, -0.15) is 4.98 Å². The molecule has 0 aliphatic heterocycles. The molecular weight excluding hydrogens is 302 g/mol. The number of halogens is 1. The summed E-state index contributed by atoms with van der Waals surface area (Å²) in [6.45, 7) is 4.33. The van der Waals surface area contributed by atoms with Crippen molar-refractivity contribution in [2.24, 2.45) is 0 Å². The van der Waals surface area contributed by atoms with Gasteiger partial charge in [0.2, 0.25) is 5.89 Å². The lowest BCUT2D eigenvalue weighted by Gasteiger charge is -2.14. The van der Waals surface area contributed by atoms with Crippen LogP contribution in [-0.2, 0) is 13.0 Å². The Labute approximate surface area is 136 Å². The molecule has 0 aliphatic carbocycles. The molecule has 22 heavy (non-hydrogen) atoms. The van der Waals surface area contributed by atoms with E-state index in [2.05, 4.69) is 22.0 Å². The third-order valence-corrected chi connectivity index (χ3v) is 3.41. The number of rotatable bonds is 9. The predicted molar refractivity (Wildman–Crippen MR) is 86.2 cm³/mol. The molecule has 0 unspecified atom stereocenters. The van der Waals surface area contributed by atoms with Gasteiger partial charge in [-0.15, -0.1) is 0 Å². The van der Waals surface area contributed by atoms with Crippen molar-refractivity contribution < 1.29 is 9.26 Å². The highest BCUT2D eigenvalue weighted by Crippen LogP contribution is 2.15. The Balaban J connectivity index is 1.64. The maximum atomic E-state index is 5.83. The summed E-state index contributed by atoms with van der Waals surface area (Å²) in [5.41, 5.74) is 0. The first kappa shape index (κ1) is 16.8. The Bertz CT molecular complexity index is 557. The molecule has 2 rings (SSSR count). The predicted octanol–water partition coefficient (Wildman–Crippen LogP) is 3.58. The molecule has 0 spiro atoms. The highest BCUT2D eigenvalue weighted by atomic mass is 35.5. The smallest absolute Gasteiger partial charge is 0.240 e. The average Bonchev–Trinajstić information content (AvgIpc) is 2.93. The average molecular weight is 324 g/mol. The van der Waals surface area contributed by atoms with Gasteiger partial charge in [0.15, 0.2) is 5.82 Å². The molecule has 2 aromatic rings. The van der Waals surface area contributed by atoms with Gasteiger partial charge in [0.1, 0.15) is 5.75 Å². The molecule has 0 atom stereocenters. The SMILES string of the molecule is CCCc1noc(CN(C)CCCOc2ccc(Cl)cc2)n1. The van der Waals surface area contributed by atoms with Gasteiger partial charge in [-0.3, -0.25) is 4.90 Å². The normalized spacial score (nSPS) is 11.1. The number of benzene rings is 1.